The molecule has 0 amide bonds. The van der Waals surface area contributed by atoms with Crippen LogP contribution in [-0.4, -0.2) is 35.8 Å². The van der Waals surface area contributed by atoms with Crippen LogP contribution < -0.4 is 5.32 Å². The van der Waals surface area contributed by atoms with Gasteiger partial charge in [-0.3, -0.25) is 0 Å². The molecule has 6 nitrogen and oxygen atoms in total. The van der Waals surface area contributed by atoms with Crippen LogP contribution in [0.4, 0.5) is 20.3 Å². The standard InChI is InChI=1S/C18H18F2N4O2S2/c1-11-16(28(25,26)24-7-3-2-4-8-24)15-17(21-10-22-18(15)27-11)23-14-6-5-12(19)9-13(14)20/h5-6,9-10H,2-4,7-8H2,1H3,(H,21,22,23). The highest BCUT2D eigenvalue weighted by atomic mass is 32.2. The molecule has 148 valence electrons. The molecule has 0 bridgehead atoms. The maximum Gasteiger partial charge on any atom is 0.244 e. The third-order valence-electron chi connectivity index (χ3n) is 4.71. The van der Waals surface area contributed by atoms with E-state index in [2.05, 4.69) is 15.3 Å². The number of benzene rings is 1. The van der Waals surface area contributed by atoms with Gasteiger partial charge in [-0.2, -0.15) is 4.31 Å². The molecule has 3 heterocycles. The number of hydrogen-bond donors (Lipinski definition) is 1. The van der Waals surface area contributed by atoms with Gasteiger partial charge in [0, 0.05) is 24.0 Å². The second-order valence-corrected chi connectivity index (χ2v) is 9.68. The SMILES string of the molecule is Cc1sc2ncnc(Nc3ccc(F)cc3F)c2c1S(=O)(=O)N1CCCCC1. The first-order valence-electron chi connectivity index (χ1n) is 8.84. The molecule has 0 unspecified atom stereocenters. The predicted molar refractivity (Wildman–Crippen MR) is 104 cm³/mol. The Morgan fingerprint density at radius 1 is 1.14 bits per heavy atom. The summed E-state index contributed by atoms with van der Waals surface area (Å²) in [5.74, 6) is -1.31. The second kappa shape index (κ2) is 7.34. The Morgan fingerprint density at radius 2 is 1.89 bits per heavy atom. The zero-order chi connectivity index (χ0) is 19.9. The van der Waals surface area contributed by atoms with Crippen molar-refractivity contribution in [2.45, 2.75) is 31.1 Å². The maximum absolute atomic E-state index is 14.1. The van der Waals surface area contributed by atoms with Crippen LogP contribution in [0.5, 0.6) is 0 Å². The van der Waals surface area contributed by atoms with Gasteiger partial charge in [0.25, 0.3) is 0 Å². The number of hydrogen-bond acceptors (Lipinski definition) is 6. The molecule has 0 saturated carbocycles. The first kappa shape index (κ1) is 19.2. The van der Waals surface area contributed by atoms with Gasteiger partial charge in [-0.15, -0.1) is 11.3 Å². The number of halogens is 2. The van der Waals surface area contributed by atoms with Crippen LogP contribution in [0.25, 0.3) is 10.2 Å². The van der Waals surface area contributed by atoms with Crippen molar-refractivity contribution in [1.29, 1.82) is 0 Å². The Morgan fingerprint density at radius 3 is 2.61 bits per heavy atom. The Hall–Kier alpha value is -2.17. The Labute approximate surface area is 165 Å². The van der Waals surface area contributed by atoms with Crippen molar-refractivity contribution in [1.82, 2.24) is 14.3 Å². The number of thiophene rings is 1. The van der Waals surface area contributed by atoms with E-state index in [1.807, 2.05) is 0 Å². The van der Waals surface area contributed by atoms with Gasteiger partial charge in [0.2, 0.25) is 10.0 Å². The third-order valence-corrected chi connectivity index (χ3v) is 7.92. The number of rotatable bonds is 4. The lowest BCUT2D eigenvalue weighted by Gasteiger charge is -2.26. The van der Waals surface area contributed by atoms with Gasteiger partial charge in [-0.05, 0) is 31.9 Å². The van der Waals surface area contributed by atoms with E-state index in [0.717, 1.165) is 31.4 Å². The Kier molecular flexibility index (Phi) is 5.02. The van der Waals surface area contributed by atoms with Crippen LogP contribution in [-0.2, 0) is 10.0 Å². The molecule has 2 aromatic heterocycles. The zero-order valence-corrected chi connectivity index (χ0v) is 16.7. The largest absolute Gasteiger partial charge is 0.337 e. The highest BCUT2D eigenvalue weighted by Crippen LogP contribution is 2.39. The van der Waals surface area contributed by atoms with Crippen molar-refractivity contribution in [3.05, 3.63) is 41.0 Å². The van der Waals surface area contributed by atoms with Crippen LogP contribution in [0.3, 0.4) is 0 Å². The van der Waals surface area contributed by atoms with Crippen molar-refractivity contribution in [2.24, 2.45) is 0 Å². The number of aromatic nitrogens is 2. The molecule has 0 atom stereocenters. The van der Waals surface area contributed by atoms with Gasteiger partial charge >= 0.3 is 0 Å². The van der Waals surface area contributed by atoms with Crippen molar-refractivity contribution in [3.63, 3.8) is 0 Å². The molecule has 0 aliphatic carbocycles. The summed E-state index contributed by atoms with van der Waals surface area (Å²) in [6.45, 7) is 2.68. The zero-order valence-electron chi connectivity index (χ0n) is 15.1. The van der Waals surface area contributed by atoms with Crippen molar-refractivity contribution in [3.8, 4) is 0 Å². The monoisotopic (exact) mass is 424 g/mol. The molecular formula is C18H18F2N4O2S2. The quantitative estimate of drug-likeness (QED) is 0.680. The highest BCUT2D eigenvalue weighted by molar-refractivity contribution is 7.89. The first-order chi connectivity index (χ1) is 13.4. The molecule has 10 heteroatoms. The van der Waals surface area contributed by atoms with Crippen molar-refractivity contribution in [2.75, 3.05) is 18.4 Å². The second-order valence-electron chi connectivity index (χ2n) is 6.60. The molecule has 1 aliphatic heterocycles. The lowest BCUT2D eigenvalue weighted by Crippen LogP contribution is -2.35. The average molecular weight is 424 g/mol. The minimum atomic E-state index is -3.74. The summed E-state index contributed by atoms with van der Waals surface area (Å²) in [4.78, 5) is 9.58. The summed E-state index contributed by atoms with van der Waals surface area (Å²) >= 11 is 1.25. The summed E-state index contributed by atoms with van der Waals surface area (Å²) in [5, 5.41) is 3.13. The average Bonchev–Trinajstić information content (AvgIpc) is 3.02. The van der Waals surface area contributed by atoms with E-state index in [-0.39, 0.29) is 16.4 Å². The van der Waals surface area contributed by atoms with E-state index in [9.17, 15) is 17.2 Å². The summed E-state index contributed by atoms with van der Waals surface area (Å²) in [5.41, 5.74) is 0.00609. The van der Waals surface area contributed by atoms with Crippen LogP contribution in [0.15, 0.2) is 29.4 Å². The molecule has 1 aliphatic rings. The van der Waals surface area contributed by atoms with Crippen LogP contribution in [0.2, 0.25) is 0 Å². The number of fused-ring (bicyclic) bond motifs is 1. The van der Waals surface area contributed by atoms with Gasteiger partial charge in [0.1, 0.15) is 33.5 Å². The van der Waals surface area contributed by atoms with Gasteiger partial charge < -0.3 is 5.32 Å². The van der Waals surface area contributed by atoms with Gasteiger partial charge in [-0.1, -0.05) is 6.42 Å². The normalized spacial score (nSPS) is 15.8. The lowest BCUT2D eigenvalue weighted by molar-refractivity contribution is 0.347. The minimum Gasteiger partial charge on any atom is -0.337 e. The predicted octanol–water partition coefficient (Wildman–Crippen LogP) is 4.20. The fourth-order valence-electron chi connectivity index (χ4n) is 3.38. The van der Waals surface area contributed by atoms with E-state index >= 15 is 0 Å². The number of nitrogens with one attached hydrogen (secondary N) is 1. The number of sulfonamides is 1. The Balaban J connectivity index is 1.85. The fraction of sp³-hybridized carbons (Fsp3) is 0.333. The summed E-state index contributed by atoms with van der Waals surface area (Å²) in [7, 11) is -3.74. The van der Waals surface area contributed by atoms with E-state index in [1.165, 1.54) is 28.0 Å². The molecule has 3 aromatic rings. The van der Waals surface area contributed by atoms with Crippen molar-refractivity contribution < 1.29 is 17.2 Å². The molecular weight excluding hydrogens is 406 g/mol. The lowest BCUT2D eigenvalue weighted by atomic mass is 10.2. The van der Waals surface area contributed by atoms with Gasteiger partial charge in [0.15, 0.2) is 0 Å². The fourth-order valence-corrected chi connectivity index (χ4v) is 6.58. The Bertz CT molecular complexity index is 1140. The highest BCUT2D eigenvalue weighted by Gasteiger charge is 2.32. The van der Waals surface area contributed by atoms with Crippen molar-refractivity contribution >= 4 is 43.1 Å². The van der Waals surface area contributed by atoms with E-state index < -0.39 is 21.7 Å². The molecule has 28 heavy (non-hydrogen) atoms. The van der Waals surface area contributed by atoms with E-state index in [0.29, 0.717) is 28.2 Å². The third kappa shape index (κ3) is 3.36. The van der Waals surface area contributed by atoms with Crippen LogP contribution in [0.1, 0.15) is 24.1 Å². The number of aryl methyl sites for hydroxylation is 1. The maximum atomic E-state index is 14.1. The van der Waals surface area contributed by atoms with Gasteiger partial charge in [-0.25, -0.2) is 27.2 Å². The summed E-state index contributed by atoms with van der Waals surface area (Å²) in [6, 6.07) is 3.12. The van der Waals surface area contributed by atoms with Crippen LogP contribution >= 0.6 is 11.3 Å². The first-order valence-corrected chi connectivity index (χ1v) is 11.1. The molecule has 4 rings (SSSR count). The molecule has 1 fully saturated rings. The number of piperidine rings is 1. The number of nitrogens with zero attached hydrogens (tertiary/aromatic N) is 3. The number of anilines is 2. The van der Waals surface area contributed by atoms with E-state index in [1.54, 1.807) is 6.92 Å². The topological polar surface area (TPSA) is 75.2 Å². The minimum absolute atomic E-state index is 0.00609. The van der Waals surface area contributed by atoms with Gasteiger partial charge in [0.05, 0.1) is 11.1 Å². The van der Waals surface area contributed by atoms with E-state index in [4.69, 9.17) is 0 Å². The summed E-state index contributed by atoms with van der Waals surface area (Å²) < 4.78 is 55.4. The molecule has 1 N–H and O–H groups in total. The molecule has 1 aromatic carbocycles. The molecule has 1 saturated heterocycles. The van der Waals surface area contributed by atoms with Crippen LogP contribution in [0, 0.1) is 18.6 Å². The smallest absolute Gasteiger partial charge is 0.244 e. The molecule has 0 spiro atoms. The summed E-state index contributed by atoms with van der Waals surface area (Å²) in [6.07, 6.45) is 3.94. The molecule has 0 radical (unpaired) electrons.